The van der Waals surface area contributed by atoms with Crippen molar-refractivity contribution in [2.75, 3.05) is 12.4 Å². The summed E-state index contributed by atoms with van der Waals surface area (Å²) in [6.07, 6.45) is 0. The zero-order chi connectivity index (χ0) is 5.91. The van der Waals surface area contributed by atoms with Crippen molar-refractivity contribution in [2.24, 2.45) is 0 Å². The molecule has 0 spiro atoms. The minimum absolute atomic E-state index is 1.19. The number of hydrogen-bond acceptors (Lipinski definition) is 1. The minimum atomic E-state index is -1.19. The quantitative estimate of drug-likeness (QED) is 0.598. The molecule has 2 heteroatoms. The summed E-state index contributed by atoms with van der Waals surface area (Å²) < 4.78 is 0. The van der Waals surface area contributed by atoms with E-state index in [2.05, 4.69) is 22.6 Å². The van der Waals surface area contributed by atoms with Crippen LogP contribution in [0.2, 0.25) is 17.3 Å². The second kappa shape index (κ2) is 2.72. The molecule has 0 aliphatic carbocycles. The van der Waals surface area contributed by atoms with Gasteiger partial charge in [-0.15, -0.1) is 0 Å². The Morgan fingerprint density at radius 3 is 1.71 bits per heavy atom. The number of rotatable bonds is 2. The summed E-state index contributed by atoms with van der Waals surface area (Å²) >= 11 is -1.19. The van der Waals surface area contributed by atoms with Crippen LogP contribution in [0.3, 0.4) is 0 Å². The first kappa shape index (κ1) is 7.50. The first-order valence-electron chi connectivity index (χ1n) is 2.71. The van der Waals surface area contributed by atoms with E-state index in [1.807, 2.05) is 7.05 Å². The van der Waals surface area contributed by atoms with Gasteiger partial charge in [0.05, 0.1) is 0 Å². The van der Waals surface area contributed by atoms with Crippen LogP contribution >= 0.6 is 0 Å². The van der Waals surface area contributed by atoms with Crippen molar-refractivity contribution in [3.8, 4) is 0 Å². The van der Waals surface area contributed by atoms with Gasteiger partial charge in [-0.2, -0.15) is 0 Å². The van der Waals surface area contributed by atoms with E-state index < -0.39 is 13.3 Å². The second-order valence-electron chi connectivity index (χ2n) is 3.09. The zero-order valence-corrected chi connectivity index (χ0v) is 7.81. The fourth-order valence-electron chi connectivity index (χ4n) is 0.530. The molecule has 0 amide bonds. The third-order valence-electron chi connectivity index (χ3n) is 0.707. The van der Waals surface area contributed by atoms with Crippen LogP contribution in [-0.4, -0.2) is 25.7 Å². The Balaban J connectivity index is 3.15. The van der Waals surface area contributed by atoms with E-state index in [0.717, 1.165) is 0 Å². The Morgan fingerprint density at radius 1 is 1.29 bits per heavy atom. The predicted molar refractivity (Wildman–Crippen MR) is 37.3 cm³/mol. The molecule has 1 N–H and O–H groups in total. The molecule has 0 unspecified atom stereocenters. The van der Waals surface area contributed by atoms with Gasteiger partial charge in [0, 0.05) is 0 Å². The third kappa shape index (κ3) is 6.50. The summed E-state index contributed by atoms with van der Waals surface area (Å²) in [6, 6.07) is 0. The van der Waals surface area contributed by atoms with Crippen LogP contribution in [-0.2, 0) is 0 Å². The first-order valence-corrected chi connectivity index (χ1v) is 10.5. The van der Waals surface area contributed by atoms with Gasteiger partial charge in [-0.3, -0.25) is 0 Å². The van der Waals surface area contributed by atoms with Crippen molar-refractivity contribution >= 4 is 13.3 Å². The fourth-order valence-corrected chi connectivity index (χ4v) is 2.76. The Hall–Kier alpha value is 0.503. The van der Waals surface area contributed by atoms with E-state index in [1.165, 1.54) is 5.38 Å². The van der Waals surface area contributed by atoms with E-state index in [4.69, 9.17) is 0 Å². The van der Waals surface area contributed by atoms with E-state index in [9.17, 15) is 0 Å². The molecule has 44 valence electrons. The van der Waals surface area contributed by atoms with Crippen molar-refractivity contribution in [3.05, 3.63) is 0 Å². The molecule has 0 heterocycles. The molecule has 0 aromatic rings. The normalized spacial score (nSPS) is 12.0. The molecule has 0 aliphatic heterocycles. The average molecular weight is 162 g/mol. The average Bonchev–Trinajstić information content (AvgIpc) is 1.30. The second-order valence-corrected chi connectivity index (χ2v) is 14.6. The zero-order valence-electron chi connectivity index (χ0n) is 5.71. The molecule has 0 fully saturated rings. The van der Waals surface area contributed by atoms with Gasteiger partial charge in [-0.1, -0.05) is 0 Å². The maximum atomic E-state index is 3.19. The molecule has 1 nitrogen and oxygen atoms in total. The standard InChI is InChI=1S/C5H15GeN/c1-6(2,3)5-7-4/h7H,5H2,1-4H3. The van der Waals surface area contributed by atoms with Crippen LogP contribution in [0.15, 0.2) is 0 Å². The molecule has 0 aromatic carbocycles. The Kier molecular flexibility index (Phi) is 2.92. The molecular weight excluding hydrogens is 147 g/mol. The fraction of sp³-hybridized carbons (Fsp3) is 1.00. The predicted octanol–water partition coefficient (Wildman–Crippen LogP) is 1.08. The van der Waals surface area contributed by atoms with Crippen molar-refractivity contribution in [3.63, 3.8) is 0 Å². The summed E-state index contributed by atoms with van der Waals surface area (Å²) in [4.78, 5) is 0. The molecule has 0 aromatic heterocycles. The Bertz CT molecular complexity index is 46.5. The summed E-state index contributed by atoms with van der Waals surface area (Å²) in [5.41, 5.74) is 0. The van der Waals surface area contributed by atoms with Gasteiger partial charge in [0.2, 0.25) is 0 Å². The number of nitrogens with one attached hydrogen (secondary N) is 1. The molecule has 7 heavy (non-hydrogen) atoms. The monoisotopic (exact) mass is 163 g/mol. The van der Waals surface area contributed by atoms with E-state index in [1.54, 1.807) is 0 Å². The van der Waals surface area contributed by atoms with E-state index in [-0.39, 0.29) is 0 Å². The molecule has 0 saturated carbocycles. The summed E-state index contributed by atoms with van der Waals surface area (Å²) in [6.45, 7) is 0. The Morgan fingerprint density at radius 2 is 1.71 bits per heavy atom. The third-order valence-corrected chi connectivity index (χ3v) is 3.67. The van der Waals surface area contributed by atoms with Crippen LogP contribution in [0.1, 0.15) is 0 Å². The van der Waals surface area contributed by atoms with Gasteiger partial charge >= 0.3 is 48.3 Å². The van der Waals surface area contributed by atoms with Gasteiger partial charge in [-0.25, -0.2) is 0 Å². The van der Waals surface area contributed by atoms with Gasteiger partial charge in [-0.05, 0) is 0 Å². The SMILES string of the molecule is CN[CH2][Ge]([CH3])([CH3])[CH3]. The molecular formula is C5H15GeN. The Labute approximate surface area is 48.9 Å². The molecule has 0 atom stereocenters. The summed E-state index contributed by atoms with van der Waals surface area (Å²) in [5.74, 6) is 7.20. The van der Waals surface area contributed by atoms with Crippen LogP contribution in [0, 0.1) is 0 Å². The van der Waals surface area contributed by atoms with E-state index in [0.29, 0.717) is 0 Å². The maximum absolute atomic E-state index is 3.19. The van der Waals surface area contributed by atoms with Gasteiger partial charge in [0.25, 0.3) is 0 Å². The van der Waals surface area contributed by atoms with Gasteiger partial charge in [0.15, 0.2) is 0 Å². The molecule has 0 aliphatic rings. The van der Waals surface area contributed by atoms with E-state index >= 15 is 0 Å². The first-order chi connectivity index (χ1) is 3.06. The molecule has 0 saturated heterocycles. The van der Waals surface area contributed by atoms with Crippen LogP contribution < -0.4 is 5.32 Å². The summed E-state index contributed by atoms with van der Waals surface area (Å²) in [5, 5.41) is 4.47. The van der Waals surface area contributed by atoms with Crippen LogP contribution in [0.5, 0.6) is 0 Å². The van der Waals surface area contributed by atoms with Gasteiger partial charge < -0.3 is 0 Å². The molecule has 0 bridgehead atoms. The summed E-state index contributed by atoms with van der Waals surface area (Å²) in [7, 11) is 2.02. The van der Waals surface area contributed by atoms with Crippen molar-refractivity contribution in [2.45, 2.75) is 17.3 Å². The van der Waals surface area contributed by atoms with Crippen molar-refractivity contribution in [1.29, 1.82) is 0 Å². The van der Waals surface area contributed by atoms with Crippen LogP contribution in [0.4, 0.5) is 0 Å². The molecule has 0 radical (unpaired) electrons. The topological polar surface area (TPSA) is 12.0 Å². The van der Waals surface area contributed by atoms with Crippen LogP contribution in [0.25, 0.3) is 0 Å². The number of hydrogen-bond donors (Lipinski definition) is 1. The molecule has 0 rings (SSSR count). The van der Waals surface area contributed by atoms with Crippen molar-refractivity contribution < 1.29 is 0 Å². The van der Waals surface area contributed by atoms with Crippen molar-refractivity contribution in [1.82, 2.24) is 5.32 Å². The van der Waals surface area contributed by atoms with Gasteiger partial charge in [0.1, 0.15) is 0 Å².